The molecule has 0 saturated heterocycles. The first kappa shape index (κ1) is 11.7. The lowest BCUT2D eigenvalue weighted by molar-refractivity contribution is -0.135. The molecule has 0 radical (unpaired) electrons. The minimum absolute atomic E-state index is 0.181. The highest BCUT2D eigenvalue weighted by Gasteiger charge is 2.32. The summed E-state index contributed by atoms with van der Waals surface area (Å²) in [4.78, 5) is 23.2. The highest BCUT2D eigenvalue weighted by atomic mass is 35.5. The molecule has 0 saturated carbocycles. The molecule has 0 atom stereocenters. The SMILES string of the molecule is COC(=O)C(Cl)=C1Oc2ccc(C)cc2C1=O. The second-order valence-corrected chi connectivity index (χ2v) is 3.94. The van der Waals surface area contributed by atoms with Crippen molar-refractivity contribution in [3.63, 3.8) is 0 Å². The molecule has 0 fully saturated rings. The van der Waals surface area contributed by atoms with Gasteiger partial charge in [-0.25, -0.2) is 4.79 Å². The van der Waals surface area contributed by atoms with Crippen LogP contribution in [0.5, 0.6) is 5.75 Å². The number of Topliss-reactive ketones (excluding diaryl/α,β-unsaturated/α-hetero) is 1. The van der Waals surface area contributed by atoms with Crippen LogP contribution in [0.4, 0.5) is 0 Å². The molecule has 1 aromatic carbocycles. The van der Waals surface area contributed by atoms with Crippen LogP contribution in [0.1, 0.15) is 15.9 Å². The van der Waals surface area contributed by atoms with Crippen LogP contribution in [0, 0.1) is 6.92 Å². The second-order valence-electron chi connectivity index (χ2n) is 3.57. The number of ketones is 1. The monoisotopic (exact) mass is 252 g/mol. The Bertz CT molecular complexity index is 545. The summed E-state index contributed by atoms with van der Waals surface area (Å²) in [7, 11) is 1.18. The van der Waals surface area contributed by atoms with E-state index in [2.05, 4.69) is 4.74 Å². The van der Waals surface area contributed by atoms with Gasteiger partial charge >= 0.3 is 5.97 Å². The number of hydrogen-bond acceptors (Lipinski definition) is 4. The molecule has 1 aliphatic rings. The van der Waals surface area contributed by atoms with Crippen LogP contribution < -0.4 is 4.74 Å². The minimum Gasteiger partial charge on any atom is -0.465 e. The Morgan fingerprint density at radius 1 is 1.41 bits per heavy atom. The molecule has 1 heterocycles. The molecular weight excluding hydrogens is 244 g/mol. The maximum atomic E-state index is 11.9. The Morgan fingerprint density at radius 3 is 2.76 bits per heavy atom. The molecule has 0 unspecified atom stereocenters. The Morgan fingerprint density at radius 2 is 2.12 bits per heavy atom. The Kier molecular flexibility index (Phi) is 2.90. The first-order valence-electron chi connectivity index (χ1n) is 4.86. The number of carbonyl (C=O) groups excluding carboxylic acids is 2. The van der Waals surface area contributed by atoms with E-state index in [1.807, 2.05) is 6.92 Å². The third-order valence-electron chi connectivity index (χ3n) is 2.36. The predicted molar refractivity (Wildman–Crippen MR) is 61.0 cm³/mol. The Labute approximate surface area is 103 Å². The van der Waals surface area contributed by atoms with E-state index in [0.717, 1.165) is 5.56 Å². The number of halogens is 1. The normalized spacial score (nSPS) is 16.3. The molecule has 4 nitrogen and oxygen atoms in total. The van der Waals surface area contributed by atoms with Crippen molar-refractivity contribution in [1.82, 2.24) is 0 Å². The van der Waals surface area contributed by atoms with Crippen molar-refractivity contribution in [2.24, 2.45) is 0 Å². The molecule has 17 heavy (non-hydrogen) atoms. The van der Waals surface area contributed by atoms with Crippen molar-refractivity contribution in [3.05, 3.63) is 40.1 Å². The van der Waals surface area contributed by atoms with Gasteiger partial charge in [0.05, 0.1) is 12.7 Å². The molecule has 0 amide bonds. The summed E-state index contributed by atoms with van der Waals surface area (Å²) in [5.74, 6) is -0.976. The number of hydrogen-bond donors (Lipinski definition) is 0. The molecule has 0 spiro atoms. The Hall–Kier alpha value is -1.81. The van der Waals surface area contributed by atoms with Crippen molar-refractivity contribution in [2.75, 3.05) is 7.11 Å². The molecule has 0 N–H and O–H groups in total. The van der Waals surface area contributed by atoms with Crippen LogP contribution in [-0.2, 0) is 9.53 Å². The number of carbonyl (C=O) groups is 2. The van der Waals surface area contributed by atoms with Crippen LogP contribution in [0.3, 0.4) is 0 Å². The van der Waals surface area contributed by atoms with Crippen molar-refractivity contribution < 1.29 is 19.1 Å². The Balaban J connectivity index is 2.48. The third kappa shape index (κ3) is 1.91. The highest BCUT2D eigenvalue weighted by Crippen LogP contribution is 2.33. The molecule has 0 aliphatic carbocycles. The fourth-order valence-corrected chi connectivity index (χ4v) is 1.72. The zero-order valence-corrected chi connectivity index (χ0v) is 10.00. The molecule has 88 valence electrons. The highest BCUT2D eigenvalue weighted by molar-refractivity contribution is 6.44. The molecule has 5 heteroatoms. The number of fused-ring (bicyclic) bond motifs is 1. The van der Waals surface area contributed by atoms with Gasteiger partial charge in [0.25, 0.3) is 0 Å². The summed E-state index contributed by atoms with van der Waals surface area (Å²) in [5, 5.41) is -0.341. The first-order chi connectivity index (χ1) is 8.04. The van der Waals surface area contributed by atoms with Gasteiger partial charge in [-0.15, -0.1) is 0 Å². The lowest BCUT2D eigenvalue weighted by Crippen LogP contribution is -2.09. The quantitative estimate of drug-likeness (QED) is 0.568. The lowest BCUT2D eigenvalue weighted by atomic mass is 10.1. The summed E-state index contributed by atoms with van der Waals surface area (Å²) in [6, 6.07) is 5.16. The number of aryl methyl sites for hydroxylation is 1. The topological polar surface area (TPSA) is 52.6 Å². The zero-order valence-electron chi connectivity index (χ0n) is 9.24. The van der Waals surface area contributed by atoms with Crippen molar-refractivity contribution in [3.8, 4) is 5.75 Å². The number of rotatable bonds is 1. The van der Waals surface area contributed by atoms with Gasteiger partial charge in [0, 0.05) is 0 Å². The van der Waals surface area contributed by atoms with Crippen molar-refractivity contribution >= 4 is 23.4 Å². The predicted octanol–water partition coefficient (Wildman–Crippen LogP) is 2.19. The van der Waals surface area contributed by atoms with Crippen molar-refractivity contribution in [1.29, 1.82) is 0 Å². The molecule has 0 bridgehead atoms. The van der Waals surface area contributed by atoms with E-state index >= 15 is 0 Å². The van der Waals surface area contributed by atoms with Gasteiger partial charge in [-0.2, -0.15) is 0 Å². The van der Waals surface area contributed by atoms with Crippen LogP contribution in [-0.4, -0.2) is 18.9 Å². The van der Waals surface area contributed by atoms with Gasteiger partial charge in [0.1, 0.15) is 5.75 Å². The lowest BCUT2D eigenvalue weighted by Gasteiger charge is -2.00. The summed E-state index contributed by atoms with van der Waals surface area (Å²) in [6.45, 7) is 1.86. The van der Waals surface area contributed by atoms with Crippen molar-refractivity contribution in [2.45, 2.75) is 6.92 Å². The van der Waals surface area contributed by atoms with Crippen LogP contribution in [0.15, 0.2) is 29.0 Å². The van der Waals surface area contributed by atoms with Gasteiger partial charge in [-0.1, -0.05) is 23.2 Å². The third-order valence-corrected chi connectivity index (χ3v) is 2.69. The van der Waals surface area contributed by atoms with E-state index < -0.39 is 11.8 Å². The second kappa shape index (κ2) is 4.22. The summed E-state index contributed by atoms with van der Waals surface area (Å²) >= 11 is 5.72. The van der Waals surface area contributed by atoms with E-state index in [-0.39, 0.29) is 10.8 Å². The first-order valence-corrected chi connectivity index (χ1v) is 5.23. The summed E-state index contributed by atoms with van der Waals surface area (Å²) in [5.41, 5.74) is 1.33. The standard InChI is InChI=1S/C12H9ClO4/c1-6-3-4-8-7(5-6)10(14)11(17-8)9(13)12(15)16-2/h3-5H,1-2H3. The average molecular weight is 253 g/mol. The fourth-order valence-electron chi connectivity index (χ4n) is 1.52. The average Bonchev–Trinajstić information content (AvgIpc) is 2.65. The maximum Gasteiger partial charge on any atom is 0.353 e. The molecule has 0 aromatic heterocycles. The van der Waals surface area contributed by atoms with Gasteiger partial charge in [-0.3, -0.25) is 4.79 Å². The van der Waals surface area contributed by atoms with E-state index in [9.17, 15) is 9.59 Å². The maximum absolute atomic E-state index is 11.9. The fraction of sp³-hybridized carbons (Fsp3) is 0.167. The van der Waals surface area contributed by atoms with E-state index in [4.69, 9.17) is 16.3 Å². The van der Waals surface area contributed by atoms with Gasteiger partial charge in [0.15, 0.2) is 5.03 Å². The molecule has 1 aliphatic heterocycles. The largest absolute Gasteiger partial charge is 0.465 e. The van der Waals surface area contributed by atoms with Gasteiger partial charge in [-0.05, 0) is 19.1 Å². The number of allylic oxidation sites excluding steroid dienone is 1. The van der Waals surface area contributed by atoms with Gasteiger partial charge < -0.3 is 9.47 Å². The van der Waals surface area contributed by atoms with Gasteiger partial charge in [0.2, 0.25) is 11.5 Å². The van der Waals surface area contributed by atoms with Crippen LogP contribution in [0.2, 0.25) is 0 Å². The van der Waals surface area contributed by atoms with E-state index in [1.165, 1.54) is 7.11 Å². The summed E-state index contributed by atoms with van der Waals surface area (Å²) in [6.07, 6.45) is 0. The van der Waals surface area contributed by atoms with E-state index in [0.29, 0.717) is 11.3 Å². The molecular formula is C12H9ClO4. The van der Waals surface area contributed by atoms with Crippen LogP contribution >= 0.6 is 11.6 Å². The summed E-state index contributed by atoms with van der Waals surface area (Å²) < 4.78 is 9.69. The minimum atomic E-state index is -0.792. The smallest absolute Gasteiger partial charge is 0.353 e. The number of benzene rings is 1. The molecule has 2 rings (SSSR count). The number of methoxy groups -OCH3 is 1. The number of ether oxygens (including phenoxy) is 2. The van der Waals surface area contributed by atoms with E-state index in [1.54, 1.807) is 18.2 Å². The number of esters is 1. The van der Waals surface area contributed by atoms with Crippen LogP contribution in [0.25, 0.3) is 0 Å². The zero-order chi connectivity index (χ0) is 12.6. The molecule has 1 aromatic rings.